The molecule has 1 amide bonds. The monoisotopic (exact) mass is 510 g/mol. The molecule has 0 radical (unpaired) electrons. The minimum absolute atomic E-state index is 0.136. The number of sulfonamides is 1. The second-order valence-electron chi connectivity index (χ2n) is 7.49. The molecule has 0 spiro atoms. The van der Waals surface area contributed by atoms with Crippen molar-refractivity contribution in [3.63, 3.8) is 0 Å². The van der Waals surface area contributed by atoms with Crippen molar-refractivity contribution in [2.45, 2.75) is 18.6 Å². The summed E-state index contributed by atoms with van der Waals surface area (Å²) in [6.07, 6.45) is 1.22. The molecule has 1 unspecified atom stereocenters. The zero-order valence-electron chi connectivity index (χ0n) is 16.9. The van der Waals surface area contributed by atoms with Gasteiger partial charge in [0.2, 0.25) is 21.1 Å². The van der Waals surface area contributed by atoms with E-state index >= 15 is 0 Å². The van der Waals surface area contributed by atoms with Crippen molar-refractivity contribution < 1.29 is 13.2 Å². The Hall–Kier alpha value is -2.04. The van der Waals surface area contributed by atoms with E-state index in [0.29, 0.717) is 45.1 Å². The summed E-state index contributed by atoms with van der Waals surface area (Å²) in [6.45, 7) is 0.532. The maximum absolute atomic E-state index is 12.9. The largest absolute Gasteiger partial charge is 0.300 e. The van der Waals surface area contributed by atoms with Crippen LogP contribution in [-0.2, 0) is 20.6 Å². The number of piperidine rings is 1. The number of carbonyl (C=O) groups excluding carboxylic acids is 1. The molecule has 7 nitrogen and oxygen atoms in total. The molecule has 1 aromatic heterocycles. The van der Waals surface area contributed by atoms with Gasteiger partial charge in [-0.2, -0.15) is 0 Å². The highest BCUT2D eigenvalue weighted by molar-refractivity contribution is 7.88. The predicted octanol–water partition coefficient (Wildman–Crippen LogP) is 4.69. The number of halogens is 2. The van der Waals surface area contributed by atoms with Crippen molar-refractivity contribution in [1.82, 2.24) is 14.5 Å². The molecule has 0 bridgehead atoms. The lowest BCUT2D eigenvalue weighted by Gasteiger charge is -2.31. The third-order valence-corrected chi connectivity index (χ3v) is 8.32. The molecule has 1 N–H and O–H groups in total. The van der Waals surface area contributed by atoms with Crippen LogP contribution < -0.4 is 5.32 Å². The summed E-state index contributed by atoms with van der Waals surface area (Å²) < 4.78 is 27.2. The first-order valence-corrected chi connectivity index (χ1v) is 13.1. The molecule has 0 aliphatic carbocycles. The van der Waals surface area contributed by atoms with Gasteiger partial charge in [-0.25, -0.2) is 12.7 Å². The third kappa shape index (κ3) is 5.65. The maximum Gasteiger partial charge on any atom is 0.230 e. The van der Waals surface area contributed by atoms with Crippen LogP contribution in [0, 0.1) is 5.92 Å². The van der Waals surface area contributed by atoms with Crippen molar-refractivity contribution in [1.29, 1.82) is 0 Å². The van der Waals surface area contributed by atoms with Crippen molar-refractivity contribution in [2.24, 2.45) is 5.92 Å². The molecule has 3 aromatic rings. The second-order valence-corrected chi connectivity index (χ2v) is 11.3. The minimum Gasteiger partial charge on any atom is -0.300 e. The Balaban J connectivity index is 1.40. The van der Waals surface area contributed by atoms with Gasteiger partial charge in [-0.05, 0) is 42.7 Å². The van der Waals surface area contributed by atoms with Gasteiger partial charge < -0.3 is 5.32 Å². The molecule has 1 saturated heterocycles. The number of anilines is 1. The lowest BCUT2D eigenvalue weighted by Crippen LogP contribution is -2.44. The molecule has 4 rings (SSSR count). The molecular formula is C21H20Cl2N4O3S2. The Morgan fingerprint density at radius 2 is 1.91 bits per heavy atom. The van der Waals surface area contributed by atoms with Crippen LogP contribution >= 0.6 is 34.5 Å². The van der Waals surface area contributed by atoms with E-state index in [-0.39, 0.29) is 18.2 Å². The number of nitrogens with one attached hydrogen (secondary N) is 1. The van der Waals surface area contributed by atoms with Crippen LogP contribution in [-0.4, -0.2) is 41.9 Å². The van der Waals surface area contributed by atoms with Crippen LogP contribution in [0.5, 0.6) is 0 Å². The first-order valence-electron chi connectivity index (χ1n) is 9.93. The summed E-state index contributed by atoms with van der Waals surface area (Å²) in [5.41, 5.74) is 1.47. The van der Waals surface area contributed by atoms with Gasteiger partial charge >= 0.3 is 0 Å². The first kappa shape index (κ1) is 23.1. The van der Waals surface area contributed by atoms with E-state index in [9.17, 15) is 13.2 Å². The highest BCUT2D eigenvalue weighted by atomic mass is 35.5. The number of hydrogen-bond acceptors (Lipinski definition) is 6. The highest BCUT2D eigenvalue weighted by Crippen LogP contribution is 2.29. The number of carbonyl (C=O) groups is 1. The molecular weight excluding hydrogens is 491 g/mol. The van der Waals surface area contributed by atoms with Crippen molar-refractivity contribution in [3.8, 4) is 10.6 Å². The number of benzene rings is 2. The van der Waals surface area contributed by atoms with Gasteiger partial charge in [-0.3, -0.25) is 4.79 Å². The summed E-state index contributed by atoms with van der Waals surface area (Å²) in [6, 6.07) is 14.0. The van der Waals surface area contributed by atoms with Crippen molar-refractivity contribution in [2.75, 3.05) is 18.4 Å². The van der Waals surface area contributed by atoms with E-state index in [1.54, 1.807) is 36.4 Å². The molecule has 2 heterocycles. The molecule has 0 saturated carbocycles. The Kier molecular flexibility index (Phi) is 7.11. The molecule has 32 heavy (non-hydrogen) atoms. The molecule has 1 aliphatic rings. The highest BCUT2D eigenvalue weighted by Gasteiger charge is 2.32. The zero-order valence-corrected chi connectivity index (χ0v) is 20.0. The summed E-state index contributed by atoms with van der Waals surface area (Å²) >= 11 is 13.1. The summed E-state index contributed by atoms with van der Waals surface area (Å²) in [4.78, 5) is 12.8. The number of nitrogens with zero attached hydrogens (tertiary/aromatic N) is 3. The van der Waals surface area contributed by atoms with Gasteiger partial charge in [0.1, 0.15) is 5.01 Å². The number of amides is 1. The van der Waals surface area contributed by atoms with E-state index in [1.165, 1.54) is 15.6 Å². The average Bonchev–Trinajstić information content (AvgIpc) is 3.22. The molecule has 1 fully saturated rings. The van der Waals surface area contributed by atoms with Gasteiger partial charge in [0.15, 0.2) is 0 Å². The van der Waals surface area contributed by atoms with E-state index in [0.717, 1.165) is 5.56 Å². The van der Waals surface area contributed by atoms with Crippen LogP contribution in [0.1, 0.15) is 18.4 Å². The van der Waals surface area contributed by atoms with E-state index < -0.39 is 15.9 Å². The number of rotatable bonds is 6. The lowest BCUT2D eigenvalue weighted by molar-refractivity contribution is -0.120. The van der Waals surface area contributed by atoms with Crippen molar-refractivity contribution >= 4 is 55.6 Å². The number of hydrogen-bond donors (Lipinski definition) is 1. The quantitative estimate of drug-likeness (QED) is 0.518. The topological polar surface area (TPSA) is 92.3 Å². The van der Waals surface area contributed by atoms with E-state index in [4.69, 9.17) is 23.2 Å². The van der Waals surface area contributed by atoms with Gasteiger partial charge in [0.25, 0.3) is 0 Å². The Morgan fingerprint density at radius 1 is 1.12 bits per heavy atom. The Labute approximate surface area is 200 Å². The van der Waals surface area contributed by atoms with Gasteiger partial charge in [-0.15, -0.1) is 10.2 Å². The fraction of sp³-hybridized carbons (Fsp3) is 0.286. The molecule has 11 heteroatoms. The maximum atomic E-state index is 12.9. The van der Waals surface area contributed by atoms with Gasteiger partial charge in [0.05, 0.1) is 11.7 Å². The van der Waals surface area contributed by atoms with Crippen LogP contribution in [0.3, 0.4) is 0 Å². The second kappa shape index (κ2) is 9.84. The smallest absolute Gasteiger partial charge is 0.230 e. The third-order valence-electron chi connectivity index (χ3n) is 5.13. The number of aromatic nitrogens is 2. The Morgan fingerprint density at radius 3 is 2.66 bits per heavy atom. The molecule has 168 valence electrons. The van der Waals surface area contributed by atoms with E-state index in [2.05, 4.69) is 15.5 Å². The fourth-order valence-electron chi connectivity index (χ4n) is 3.53. The minimum atomic E-state index is -3.57. The normalized spacial score (nSPS) is 17.2. The lowest BCUT2D eigenvalue weighted by atomic mass is 9.99. The van der Waals surface area contributed by atoms with Gasteiger partial charge in [0, 0.05) is 28.7 Å². The zero-order chi connectivity index (χ0) is 22.7. The Bertz CT molecular complexity index is 1220. The fourth-order valence-corrected chi connectivity index (χ4v) is 6.22. The summed E-state index contributed by atoms with van der Waals surface area (Å²) in [5.74, 6) is -0.866. The van der Waals surface area contributed by atoms with Crippen molar-refractivity contribution in [3.05, 3.63) is 64.1 Å². The standard InChI is InChI=1S/C21H20Cl2N4O3S2/c22-17-8-6-15(7-9-17)20-25-26-21(31-20)24-19(28)16-4-2-10-27(12-16)32(29,30)13-14-3-1-5-18(23)11-14/h1,3,5-9,11,16H,2,4,10,12-13H2,(H,24,26,28). The SMILES string of the molecule is O=C(Nc1nnc(-c2ccc(Cl)cc2)s1)C1CCCN(S(=O)(=O)Cc2cccc(Cl)c2)C1. The predicted molar refractivity (Wildman–Crippen MR) is 127 cm³/mol. The van der Waals surface area contributed by atoms with Crippen LogP contribution in [0.25, 0.3) is 10.6 Å². The molecule has 1 atom stereocenters. The average molecular weight is 511 g/mol. The molecule has 2 aromatic carbocycles. The summed E-state index contributed by atoms with van der Waals surface area (Å²) in [7, 11) is -3.57. The van der Waals surface area contributed by atoms with Crippen LogP contribution in [0.2, 0.25) is 10.0 Å². The van der Waals surface area contributed by atoms with Gasteiger partial charge in [-0.1, -0.05) is 58.8 Å². The van der Waals surface area contributed by atoms with Crippen LogP contribution in [0.15, 0.2) is 48.5 Å². The molecule has 1 aliphatic heterocycles. The van der Waals surface area contributed by atoms with E-state index in [1.807, 2.05) is 12.1 Å². The first-order chi connectivity index (χ1) is 15.3. The van der Waals surface area contributed by atoms with Crippen LogP contribution in [0.4, 0.5) is 5.13 Å². The summed E-state index contributed by atoms with van der Waals surface area (Å²) in [5, 5.41) is 13.1.